The average molecular weight is 326 g/mol. The van der Waals surface area contributed by atoms with E-state index in [0.29, 0.717) is 16.8 Å². The Labute approximate surface area is 119 Å². The van der Waals surface area contributed by atoms with Crippen molar-refractivity contribution in [3.8, 4) is 11.3 Å². The predicted molar refractivity (Wildman–Crippen MR) is 74.3 cm³/mol. The summed E-state index contributed by atoms with van der Waals surface area (Å²) < 4.78 is 15.6. The topological polar surface area (TPSA) is 38.1 Å². The molecule has 0 aliphatic heterocycles. The normalized spacial score (nSPS) is 10.6. The van der Waals surface area contributed by atoms with Gasteiger partial charge in [0.25, 0.3) is 5.91 Å². The first-order valence-electron chi connectivity index (χ1n) is 5.61. The summed E-state index contributed by atoms with van der Waals surface area (Å²) in [7, 11) is 5.08. The van der Waals surface area contributed by atoms with Crippen molar-refractivity contribution < 1.29 is 9.18 Å². The number of carbonyl (C=O) groups excluding carboxylic acids is 1. The van der Waals surface area contributed by atoms with E-state index in [2.05, 4.69) is 21.0 Å². The molecule has 0 bridgehead atoms. The van der Waals surface area contributed by atoms with Crippen molar-refractivity contribution in [2.75, 3.05) is 14.1 Å². The number of halogens is 2. The lowest BCUT2D eigenvalue weighted by Crippen LogP contribution is -2.22. The Bertz CT molecular complexity index is 637. The van der Waals surface area contributed by atoms with Gasteiger partial charge in [0, 0.05) is 32.9 Å². The third kappa shape index (κ3) is 2.68. The number of carbonyl (C=O) groups is 1. The summed E-state index contributed by atoms with van der Waals surface area (Å²) in [5, 5.41) is 4.22. The zero-order valence-corrected chi connectivity index (χ0v) is 12.4. The molecule has 19 heavy (non-hydrogen) atoms. The van der Waals surface area contributed by atoms with Crippen LogP contribution in [0, 0.1) is 5.82 Å². The van der Waals surface area contributed by atoms with Gasteiger partial charge >= 0.3 is 0 Å². The molecule has 2 aromatic rings. The highest BCUT2D eigenvalue weighted by Gasteiger charge is 2.19. The quantitative estimate of drug-likeness (QED) is 0.851. The van der Waals surface area contributed by atoms with Gasteiger partial charge in [-0.25, -0.2) is 4.39 Å². The predicted octanol–water partition coefficient (Wildman–Crippen LogP) is 2.69. The first-order valence-corrected chi connectivity index (χ1v) is 6.40. The van der Waals surface area contributed by atoms with Crippen LogP contribution in [0.1, 0.15) is 10.4 Å². The standard InChI is InChI=1S/C13H13BrFN3O/c1-17(2)13(19)9-6-10(14)11(15)7-8(9)12-4-5-18(3)16-12/h4-7H,1-3H3. The lowest BCUT2D eigenvalue weighted by Gasteiger charge is -2.14. The summed E-state index contributed by atoms with van der Waals surface area (Å²) in [6.45, 7) is 0. The number of nitrogens with zero attached hydrogens (tertiary/aromatic N) is 3. The molecule has 0 saturated carbocycles. The molecule has 0 aliphatic carbocycles. The molecule has 4 nitrogen and oxygen atoms in total. The van der Waals surface area contributed by atoms with Gasteiger partial charge in [-0.2, -0.15) is 5.10 Å². The Kier molecular flexibility index (Phi) is 3.71. The first-order chi connectivity index (χ1) is 8.90. The van der Waals surface area contributed by atoms with E-state index in [1.165, 1.54) is 17.0 Å². The van der Waals surface area contributed by atoms with Crippen molar-refractivity contribution in [2.45, 2.75) is 0 Å². The number of rotatable bonds is 2. The van der Waals surface area contributed by atoms with Crippen LogP contribution in [0.4, 0.5) is 4.39 Å². The smallest absolute Gasteiger partial charge is 0.254 e. The molecule has 0 atom stereocenters. The lowest BCUT2D eigenvalue weighted by molar-refractivity contribution is 0.0828. The van der Waals surface area contributed by atoms with Crippen LogP contribution >= 0.6 is 15.9 Å². The van der Waals surface area contributed by atoms with E-state index in [-0.39, 0.29) is 10.4 Å². The first kappa shape index (κ1) is 13.7. The SMILES string of the molecule is CN(C)C(=O)c1cc(Br)c(F)cc1-c1ccn(C)n1. The van der Waals surface area contributed by atoms with Gasteiger partial charge in [0.05, 0.1) is 15.7 Å². The summed E-state index contributed by atoms with van der Waals surface area (Å²) in [4.78, 5) is 13.6. The number of benzene rings is 1. The van der Waals surface area contributed by atoms with Gasteiger partial charge in [-0.15, -0.1) is 0 Å². The largest absolute Gasteiger partial charge is 0.345 e. The Balaban J connectivity index is 2.64. The minimum absolute atomic E-state index is 0.193. The maximum absolute atomic E-state index is 13.7. The van der Waals surface area contributed by atoms with E-state index in [1.54, 1.807) is 38.1 Å². The number of hydrogen-bond donors (Lipinski definition) is 0. The van der Waals surface area contributed by atoms with Gasteiger partial charge in [-0.3, -0.25) is 9.48 Å². The molecule has 1 heterocycles. The fraction of sp³-hybridized carbons (Fsp3) is 0.231. The second-order valence-corrected chi connectivity index (χ2v) is 5.24. The highest BCUT2D eigenvalue weighted by atomic mass is 79.9. The Hall–Kier alpha value is -1.69. The number of hydrogen-bond acceptors (Lipinski definition) is 2. The van der Waals surface area contributed by atoms with Crippen LogP contribution in [0.2, 0.25) is 0 Å². The van der Waals surface area contributed by atoms with Gasteiger partial charge < -0.3 is 4.90 Å². The Morgan fingerprint density at radius 2 is 2.11 bits per heavy atom. The van der Waals surface area contributed by atoms with E-state index in [9.17, 15) is 9.18 Å². The Morgan fingerprint density at radius 1 is 1.42 bits per heavy atom. The van der Waals surface area contributed by atoms with Crippen molar-refractivity contribution in [1.82, 2.24) is 14.7 Å². The van der Waals surface area contributed by atoms with Crippen LogP contribution in [-0.4, -0.2) is 34.7 Å². The second-order valence-electron chi connectivity index (χ2n) is 4.39. The number of amides is 1. The summed E-state index contributed by atoms with van der Waals surface area (Å²) >= 11 is 3.10. The third-order valence-corrected chi connectivity index (χ3v) is 3.29. The van der Waals surface area contributed by atoms with E-state index in [4.69, 9.17) is 0 Å². The van der Waals surface area contributed by atoms with Gasteiger partial charge in [-0.1, -0.05) is 0 Å². The lowest BCUT2D eigenvalue weighted by atomic mass is 10.0. The molecule has 0 spiro atoms. The van der Waals surface area contributed by atoms with E-state index < -0.39 is 5.82 Å². The third-order valence-electron chi connectivity index (χ3n) is 2.69. The van der Waals surface area contributed by atoms with Gasteiger partial charge in [0.2, 0.25) is 0 Å². The fourth-order valence-corrected chi connectivity index (χ4v) is 2.08. The maximum atomic E-state index is 13.7. The molecule has 0 aliphatic rings. The zero-order chi connectivity index (χ0) is 14.2. The van der Waals surface area contributed by atoms with Crippen molar-refractivity contribution >= 4 is 21.8 Å². The van der Waals surface area contributed by atoms with Crippen molar-refractivity contribution in [3.63, 3.8) is 0 Å². The van der Waals surface area contributed by atoms with Gasteiger partial charge in [-0.05, 0) is 34.1 Å². The highest BCUT2D eigenvalue weighted by Crippen LogP contribution is 2.28. The van der Waals surface area contributed by atoms with Crippen LogP contribution in [0.3, 0.4) is 0 Å². The molecule has 0 radical (unpaired) electrons. The molecule has 1 aromatic heterocycles. The van der Waals surface area contributed by atoms with Crippen molar-refractivity contribution in [2.24, 2.45) is 7.05 Å². The van der Waals surface area contributed by atoms with Crippen molar-refractivity contribution in [1.29, 1.82) is 0 Å². The van der Waals surface area contributed by atoms with Crippen LogP contribution in [-0.2, 0) is 7.05 Å². The molecule has 0 N–H and O–H groups in total. The van der Waals surface area contributed by atoms with Gasteiger partial charge in [0.15, 0.2) is 0 Å². The van der Waals surface area contributed by atoms with E-state index in [0.717, 1.165) is 0 Å². The molecule has 0 unspecified atom stereocenters. The minimum atomic E-state index is -0.420. The molecule has 100 valence electrons. The minimum Gasteiger partial charge on any atom is -0.345 e. The monoisotopic (exact) mass is 325 g/mol. The highest BCUT2D eigenvalue weighted by molar-refractivity contribution is 9.10. The molecule has 6 heteroatoms. The van der Waals surface area contributed by atoms with Gasteiger partial charge in [0.1, 0.15) is 5.82 Å². The molecule has 1 aromatic carbocycles. The van der Waals surface area contributed by atoms with Crippen molar-refractivity contribution in [3.05, 3.63) is 40.2 Å². The molecule has 2 rings (SSSR count). The molecular weight excluding hydrogens is 313 g/mol. The molecule has 1 amide bonds. The second kappa shape index (κ2) is 5.13. The zero-order valence-electron chi connectivity index (χ0n) is 10.8. The molecular formula is C13H13BrFN3O. The van der Waals surface area contributed by atoms with Crippen LogP contribution in [0.25, 0.3) is 11.3 Å². The number of aryl methyl sites for hydroxylation is 1. The Morgan fingerprint density at radius 3 is 2.63 bits per heavy atom. The summed E-state index contributed by atoms with van der Waals surface area (Å²) in [6.07, 6.45) is 1.75. The van der Waals surface area contributed by atoms with E-state index >= 15 is 0 Å². The average Bonchev–Trinajstić information content (AvgIpc) is 2.77. The number of aromatic nitrogens is 2. The summed E-state index contributed by atoms with van der Waals surface area (Å²) in [5.41, 5.74) is 1.47. The summed E-state index contributed by atoms with van der Waals surface area (Å²) in [5.74, 6) is -0.614. The van der Waals surface area contributed by atoms with Crippen LogP contribution < -0.4 is 0 Å². The maximum Gasteiger partial charge on any atom is 0.254 e. The molecule has 0 fully saturated rings. The van der Waals surface area contributed by atoms with E-state index in [1.807, 2.05) is 0 Å². The fourth-order valence-electron chi connectivity index (χ4n) is 1.74. The molecule has 0 saturated heterocycles. The summed E-state index contributed by atoms with van der Waals surface area (Å²) in [6, 6.07) is 4.56. The van der Waals surface area contributed by atoms with Crippen LogP contribution in [0.15, 0.2) is 28.9 Å². The van der Waals surface area contributed by atoms with Crippen LogP contribution in [0.5, 0.6) is 0 Å².